The van der Waals surface area contributed by atoms with Crippen LogP contribution in [0.15, 0.2) is 0 Å². The molecule has 1 amide bonds. The Morgan fingerprint density at radius 1 is 1.14 bits per heavy atom. The average Bonchev–Trinajstić information content (AvgIpc) is 2.89. The Morgan fingerprint density at radius 2 is 1.81 bits per heavy atom. The molecule has 0 radical (unpaired) electrons. The van der Waals surface area contributed by atoms with E-state index in [0.717, 1.165) is 38.8 Å². The van der Waals surface area contributed by atoms with E-state index in [1.807, 2.05) is 20.8 Å². The first-order valence-corrected chi connectivity index (χ1v) is 8.27. The van der Waals surface area contributed by atoms with E-state index in [1.54, 1.807) is 0 Å². The van der Waals surface area contributed by atoms with Gasteiger partial charge in [0.25, 0.3) is 0 Å². The summed E-state index contributed by atoms with van der Waals surface area (Å²) in [4.78, 5) is 11.7. The van der Waals surface area contributed by atoms with Crippen molar-refractivity contribution in [2.24, 2.45) is 0 Å². The smallest absolute Gasteiger partial charge is 0.407 e. The fourth-order valence-electron chi connectivity index (χ4n) is 3.02. The van der Waals surface area contributed by atoms with Gasteiger partial charge in [0, 0.05) is 25.2 Å². The van der Waals surface area contributed by atoms with Gasteiger partial charge in [-0.2, -0.15) is 0 Å². The Bertz CT molecular complexity index is 327. The van der Waals surface area contributed by atoms with Crippen LogP contribution < -0.4 is 10.6 Å². The molecule has 21 heavy (non-hydrogen) atoms. The van der Waals surface area contributed by atoms with Crippen molar-refractivity contribution in [3.63, 3.8) is 0 Å². The summed E-state index contributed by atoms with van der Waals surface area (Å²) >= 11 is 0. The van der Waals surface area contributed by atoms with Crippen LogP contribution in [-0.2, 0) is 9.47 Å². The molecular formula is C16H30N2O3. The minimum absolute atomic E-state index is 0.251. The molecular weight excluding hydrogens is 268 g/mol. The van der Waals surface area contributed by atoms with E-state index >= 15 is 0 Å². The van der Waals surface area contributed by atoms with Crippen molar-refractivity contribution in [3.05, 3.63) is 0 Å². The monoisotopic (exact) mass is 298 g/mol. The minimum Gasteiger partial charge on any atom is -0.444 e. The minimum atomic E-state index is -0.426. The van der Waals surface area contributed by atoms with Crippen LogP contribution in [0.3, 0.4) is 0 Å². The molecule has 122 valence electrons. The summed E-state index contributed by atoms with van der Waals surface area (Å²) in [6, 6.07) is 0.812. The van der Waals surface area contributed by atoms with Gasteiger partial charge >= 0.3 is 6.09 Å². The van der Waals surface area contributed by atoms with Crippen LogP contribution in [0.2, 0.25) is 0 Å². The van der Waals surface area contributed by atoms with Crippen LogP contribution >= 0.6 is 0 Å². The van der Waals surface area contributed by atoms with Crippen molar-refractivity contribution in [2.45, 2.75) is 83.1 Å². The molecule has 1 aliphatic heterocycles. The number of rotatable bonds is 4. The third-order valence-electron chi connectivity index (χ3n) is 4.11. The predicted molar refractivity (Wildman–Crippen MR) is 82.4 cm³/mol. The number of alkyl carbamates (subject to hydrolysis) is 1. The van der Waals surface area contributed by atoms with Gasteiger partial charge in [0.05, 0.1) is 6.10 Å². The van der Waals surface area contributed by atoms with Crippen molar-refractivity contribution in [1.29, 1.82) is 0 Å². The molecule has 2 fully saturated rings. The third-order valence-corrected chi connectivity index (χ3v) is 4.11. The molecule has 1 heterocycles. The zero-order valence-electron chi connectivity index (χ0n) is 13.6. The summed E-state index contributed by atoms with van der Waals surface area (Å²) in [6.45, 7) is 7.54. The number of amides is 1. The lowest BCUT2D eigenvalue weighted by Crippen LogP contribution is -2.45. The standard InChI is InChI=1S/C16H30N2O3/c1-16(2,3)21-15(19)18-13-8-6-12(7-9-13)17-11-14-5-4-10-20-14/h12-14,17H,4-11H2,1-3H3,(H,18,19). The maximum absolute atomic E-state index is 11.7. The van der Waals surface area contributed by atoms with Crippen LogP contribution in [0, 0.1) is 0 Å². The molecule has 1 aliphatic carbocycles. The molecule has 5 heteroatoms. The second-order valence-electron chi connectivity index (χ2n) is 7.24. The first-order valence-electron chi connectivity index (χ1n) is 8.27. The maximum Gasteiger partial charge on any atom is 0.407 e. The van der Waals surface area contributed by atoms with Crippen LogP contribution in [0.5, 0.6) is 0 Å². The molecule has 2 rings (SSSR count). The molecule has 2 aliphatic rings. The molecule has 5 nitrogen and oxygen atoms in total. The lowest BCUT2D eigenvalue weighted by Gasteiger charge is -2.31. The predicted octanol–water partition coefficient (Wildman–Crippen LogP) is 2.59. The molecule has 0 spiro atoms. The number of ether oxygens (including phenoxy) is 2. The topological polar surface area (TPSA) is 59.6 Å². The molecule has 1 saturated heterocycles. The number of hydrogen-bond acceptors (Lipinski definition) is 4. The average molecular weight is 298 g/mol. The summed E-state index contributed by atoms with van der Waals surface area (Å²) in [5.74, 6) is 0. The summed E-state index contributed by atoms with van der Waals surface area (Å²) < 4.78 is 10.9. The summed E-state index contributed by atoms with van der Waals surface area (Å²) in [7, 11) is 0. The zero-order chi connectivity index (χ0) is 15.3. The van der Waals surface area contributed by atoms with E-state index in [1.165, 1.54) is 12.8 Å². The highest BCUT2D eigenvalue weighted by molar-refractivity contribution is 5.68. The summed E-state index contributed by atoms with van der Waals surface area (Å²) in [5, 5.41) is 6.59. The lowest BCUT2D eigenvalue weighted by molar-refractivity contribution is 0.0488. The van der Waals surface area contributed by atoms with Gasteiger partial charge in [-0.25, -0.2) is 4.79 Å². The van der Waals surface area contributed by atoms with E-state index in [4.69, 9.17) is 9.47 Å². The van der Waals surface area contributed by atoms with Gasteiger partial charge in [-0.15, -0.1) is 0 Å². The molecule has 2 N–H and O–H groups in total. The zero-order valence-corrected chi connectivity index (χ0v) is 13.6. The normalized spacial score (nSPS) is 30.1. The highest BCUT2D eigenvalue weighted by atomic mass is 16.6. The van der Waals surface area contributed by atoms with E-state index in [2.05, 4.69) is 10.6 Å². The summed E-state index contributed by atoms with van der Waals surface area (Å²) in [6.07, 6.45) is 6.73. The van der Waals surface area contributed by atoms with Gasteiger partial charge in [-0.3, -0.25) is 0 Å². The van der Waals surface area contributed by atoms with E-state index in [0.29, 0.717) is 12.1 Å². The first-order chi connectivity index (χ1) is 9.92. The maximum atomic E-state index is 11.7. The van der Waals surface area contributed by atoms with Gasteiger partial charge in [0.2, 0.25) is 0 Å². The fourth-order valence-corrected chi connectivity index (χ4v) is 3.02. The Balaban J connectivity index is 1.60. The van der Waals surface area contributed by atoms with Crippen molar-refractivity contribution >= 4 is 6.09 Å². The number of hydrogen-bond donors (Lipinski definition) is 2. The van der Waals surface area contributed by atoms with Gasteiger partial charge in [-0.1, -0.05) is 0 Å². The largest absolute Gasteiger partial charge is 0.444 e. The van der Waals surface area contributed by atoms with Crippen molar-refractivity contribution in [1.82, 2.24) is 10.6 Å². The lowest BCUT2D eigenvalue weighted by atomic mass is 9.91. The van der Waals surface area contributed by atoms with Gasteiger partial charge in [0.15, 0.2) is 0 Å². The van der Waals surface area contributed by atoms with Crippen molar-refractivity contribution in [2.75, 3.05) is 13.2 Å². The van der Waals surface area contributed by atoms with Crippen molar-refractivity contribution < 1.29 is 14.3 Å². The molecule has 0 aromatic heterocycles. The molecule has 0 bridgehead atoms. The Hall–Kier alpha value is -0.810. The van der Waals surface area contributed by atoms with E-state index in [-0.39, 0.29) is 12.1 Å². The highest BCUT2D eigenvalue weighted by Gasteiger charge is 2.25. The van der Waals surface area contributed by atoms with Gasteiger partial charge in [-0.05, 0) is 59.3 Å². The van der Waals surface area contributed by atoms with Gasteiger partial charge in [0.1, 0.15) is 5.60 Å². The molecule has 1 unspecified atom stereocenters. The Labute approximate surface area is 128 Å². The SMILES string of the molecule is CC(C)(C)OC(=O)NC1CCC(NCC2CCCO2)CC1. The molecule has 0 aromatic rings. The second kappa shape index (κ2) is 7.45. The third kappa shape index (κ3) is 6.22. The van der Waals surface area contributed by atoms with E-state index in [9.17, 15) is 4.79 Å². The Morgan fingerprint density at radius 3 is 2.38 bits per heavy atom. The van der Waals surface area contributed by atoms with E-state index < -0.39 is 5.60 Å². The summed E-state index contributed by atoms with van der Waals surface area (Å²) in [5.41, 5.74) is -0.426. The van der Waals surface area contributed by atoms with Gasteiger partial charge < -0.3 is 20.1 Å². The fraction of sp³-hybridized carbons (Fsp3) is 0.938. The van der Waals surface area contributed by atoms with Crippen LogP contribution in [-0.4, -0.2) is 43.0 Å². The second-order valence-corrected chi connectivity index (χ2v) is 7.24. The number of carbonyl (C=O) groups excluding carboxylic acids is 1. The van der Waals surface area contributed by atoms with Crippen LogP contribution in [0.25, 0.3) is 0 Å². The molecule has 0 aromatic carbocycles. The first kappa shape index (κ1) is 16.6. The van der Waals surface area contributed by atoms with Crippen LogP contribution in [0.4, 0.5) is 4.79 Å². The van der Waals surface area contributed by atoms with Crippen molar-refractivity contribution in [3.8, 4) is 0 Å². The quantitative estimate of drug-likeness (QED) is 0.837. The molecule has 1 atom stereocenters. The molecule has 1 saturated carbocycles. The Kier molecular flexibility index (Phi) is 5.88. The highest BCUT2D eigenvalue weighted by Crippen LogP contribution is 2.20. The number of carbonyl (C=O) groups is 1. The number of nitrogens with one attached hydrogen (secondary N) is 2. The van der Waals surface area contributed by atoms with Crippen LogP contribution in [0.1, 0.15) is 59.3 Å².